The Labute approximate surface area is 110 Å². The van der Waals surface area contributed by atoms with E-state index in [2.05, 4.69) is 10.6 Å². The Morgan fingerprint density at radius 2 is 2.37 bits per heavy atom. The van der Waals surface area contributed by atoms with E-state index in [4.69, 9.17) is 4.74 Å². The van der Waals surface area contributed by atoms with E-state index in [-0.39, 0.29) is 11.6 Å². The van der Waals surface area contributed by atoms with E-state index in [0.717, 1.165) is 6.54 Å². The molecule has 0 aromatic heterocycles. The minimum Gasteiger partial charge on any atom is -0.366 e. The number of nitro groups is 1. The summed E-state index contributed by atoms with van der Waals surface area (Å²) in [5.41, 5.74) is 1.07. The minimum absolute atomic E-state index is 0.0357. The van der Waals surface area contributed by atoms with Gasteiger partial charge in [0.15, 0.2) is 0 Å². The first-order valence-corrected chi connectivity index (χ1v) is 5.96. The minimum atomic E-state index is -0.524. The van der Waals surface area contributed by atoms with Crippen LogP contribution >= 0.6 is 0 Å². The normalized spacial score (nSPS) is 18.9. The number of rotatable bonds is 3. The standard InChI is InChI=1S/C12H15N3O4/c1-8-6-9(2-3-10(8)15(17)18)14-12(16)11-7-13-4-5-19-11/h2-3,6,11,13H,4-5,7H2,1H3,(H,14,16). The molecular formula is C12H15N3O4. The Kier molecular flexibility index (Phi) is 4.08. The van der Waals surface area contributed by atoms with Crippen LogP contribution < -0.4 is 10.6 Å². The molecule has 1 aromatic carbocycles. The number of carbonyl (C=O) groups excluding carboxylic acids is 1. The van der Waals surface area contributed by atoms with E-state index < -0.39 is 11.0 Å². The molecule has 19 heavy (non-hydrogen) atoms. The van der Waals surface area contributed by atoms with E-state index in [0.29, 0.717) is 24.4 Å². The maximum atomic E-state index is 11.9. The van der Waals surface area contributed by atoms with Crippen molar-refractivity contribution < 1.29 is 14.5 Å². The molecule has 0 bridgehead atoms. The summed E-state index contributed by atoms with van der Waals surface area (Å²) in [4.78, 5) is 22.1. The Morgan fingerprint density at radius 1 is 1.58 bits per heavy atom. The van der Waals surface area contributed by atoms with Crippen LogP contribution in [0.15, 0.2) is 18.2 Å². The van der Waals surface area contributed by atoms with Crippen LogP contribution in [0.1, 0.15) is 5.56 Å². The number of anilines is 1. The van der Waals surface area contributed by atoms with E-state index in [1.807, 2.05) is 0 Å². The molecule has 2 N–H and O–H groups in total. The number of ether oxygens (including phenoxy) is 1. The molecule has 7 heteroatoms. The largest absolute Gasteiger partial charge is 0.366 e. The average molecular weight is 265 g/mol. The van der Waals surface area contributed by atoms with Gasteiger partial charge < -0.3 is 15.4 Å². The highest BCUT2D eigenvalue weighted by molar-refractivity contribution is 5.94. The zero-order chi connectivity index (χ0) is 13.8. The Morgan fingerprint density at radius 3 is 2.95 bits per heavy atom. The van der Waals surface area contributed by atoms with Gasteiger partial charge in [-0.1, -0.05) is 0 Å². The molecule has 1 aromatic rings. The zero-order valence-electron chi connectivity index (χ0n) is 10.5. The summed E-state index contributed by atoms with van der Waals surface area (Å²) in [6, 6.07) is 4.47. The topological polar surface area (TPSA) is 93.5 Å². The highest BCUT2D eigenvalue weighted by Gasteiger charge is 2.22. The second-order valence-electron chi connectivity index (χ2n) is 4.31. The van der Waals surface area contributed by atoms with Crippen molar-refractivity contribution in [3.63, 3.8) is 0 Å². The van der Waals surface area contributed by atoms with E-state index >= 15 is 0 Å². The number of hydrogen-bond donors (Lipinski definition) is 2. The molecule has 1 saturated heterocycles. The quantitative estimate of drug-likeness (QED) is 0.623. The van der Waals surface area contributed by atoms with Gasteiger partial charge in [0, 0.05) is 30.4 Å². The monoisotopic (exact) mass is 265 g/mol. The third-order valence-corrected chi connectivity index (χ3v) is 2.88. The van der Waals surface area contributed by atoms with Gasteiger partial charge in [0.25, 0.3) is 11.6 Å². The van der Waals surface area contributed by atoms with Crippen molar-refractivity contribution in [3.8, 4) is 0 Å². The molecule has 1 atom stereocenters. The molecule has 1 amide bonds. The Hall–Kier alpha value is -1.99. The van der Waals surface area contributed by atoms with Crippen LogP contribution in [-0.2, 0) is 9.53 Å². The summed E-state index contributed by atoms with van der Waals surface area (Å²) in [5, 5.41) is 16.4. The summed E-state index contributed by atoms with van der Waals surface area (Å²) < 4.78 is 5.32. The first kappa shape index (κ1) is 13.4. The van der Waals surface area contributed by atoms with Crippen molar-refractivity contribution in [1.29, 1.82) is 0 Å². The Bertz CT molecular complexity index is 498. The first-order valence-electron chi connectivity index (χ1n) is 5.96. The number of aryl methyl sites for hydroxylation is 1. The van der Waals surface area contributed by atoms with Crippen molar-refractivity contribution in [3.05, 3.63) is 33.9 Å². The third-order valence-electron chi connectivity index (χ3n) is 2.88. The molecule has 0 radical (unpaired) electrons. The van der Waals surface area contributed by atoms with Crippen LogP contribution in [0.2, 0.25) is 0 Å². The molecule has 2 rings (SSSR count). The fourth-order valence-electron chi connectivity index (χ4n) is 1.89. The number of nitrogens with one attached hydrogen (secondary N) is 2. The van der Waals surface area contributed by atoms with Crippen LogP contribution in [0, 0.1) is 17.0 Å². The SMILES string of the molecule is Cc1cc(NC(=O)C2CNCCO2)ccc1[N+](=O)[O-]. The summed E-state index contributed by atoms with van der Waals surface area (Å²) in [7, 11) is 0. The second-order valence-corrected chi connectivity index (χ2v) is 4.31. The van der Waals surface area contributed by atoms with Crippen molar-refractivity contribution in [2.24, 2.45) is 0 Å². The van der Waals surface area contributed by atoms with E-state index in [1.165, 1.54) is 12.1 Å². The van der Waals surface area contributed by atoms with Gasteiger partial charge in [0.05, 0.1) is 11.5 Å². The number of carbonyl (C=O) groups is 1. The van der Waals surface area contributed by atoms with Gasteiger partial charge in [-0.05, 0) is 19.1 Å². The van der Waals surface area contributed by atoms with Crippen LogP contribution in [0.3, 0.4) is 0 Å². The lowest BCUT2D eigenvalue weighted by atomic mass is 10.1. The molecular weight excluding hydrogens is 250 g/mol. The van der Waals surface area contributed by atoms with Crippen molar-refractivity contribution >= 4 is 17.3 Å². The van der Waals surface area contributed by atoms with Crippen molar-refractivity contribution in [1.82, 2.24) is 5.32 Å². The maximum absolute atomic E-state index is 11.9. The number of hydrogen-bond acceptors (Lipinski definition) is 5. The molecule has 0 saturated carbocycles. The molecule has 0 spiro atoms. The van der Waals surface area contributed by atoms with Gasteiger partial charge in [-0.25, -0.2) is 0 Å². The third kappa shape index (κ3) is 3.27. The van der Waals surface area contributed by atoms with E-state index in [9.17, 15) is 14.9 Å². The van der Waals surface area contributed by atoms with Gasteiger partial charge >= 0.3 is 0 Å². The predicted octanol–water partition coefficient (Wildman–Crippen LogP) is 0.830. The molecule has 1 fully saturated rings. The fourth-order valence-corrected chi connectivity index (χ4v) is 1.89. The lowest BCUT2D eigenvalue weighted by molar-refractivity contribution is -0.385. The summed E-state index contributed by atoms with van der Waals surface area (Å²) in [6.07, 6.45) is -0.524. The summed E-state index contributed by atoms with van der Waals surface area (Å²) in [6.45, 7) is 3.34. The van der Waals surface area contributed by atoms with Gasteiger partial charge in [-0.2, -0.15) is 0 Å². The second kappa shape index (κ2) is 5.77. The van der Waals surface area contributed by atoms with E-state index in [1.54, 1.807) is 13.0 Å². The van der Waals surface area contributed by atoms with Gasteiger partial charge in [-0.3, -0.25) is 14.9 Å². The molecule has 1 aliphatic heterocycles. The predicted molar refractivity (Wildman–Crippen MR) is 69.1 cm³/mol. The number of nitro benzene ring substituents is 1. The molecule has 1 unspecified atom stereocenters. The molecule has 0 aliphatic carbocycles. The van der Waals surface area contributed by atoms with Gasteiger partial charge in [-0.15, -0.1) is 0 Å². The van der Waals surface area contributed by atoms with Crippen LogP contribution in [0.25, 0.3) is 0 Å². The number of nitrogens with zero attached hydrogens (tertiary/aromatic N) is 1. The molecule has 1 aliphatic rings. The van der Waals surface area contributed by atoms with Crippen molar-refractivity contribution in [2.75, 3.05) is 25.0 Å². The lowest BCUT2D eigenvalue weighted by Gasteiger charge is -2.22. The van der Waals surface area contributed by atoms with Crippen LogP contribution in [0.5, 0.6) is 0 Å². The summed E-state index contributed by atoms with van der Waals surface area (Å²) >= 11 is 0. The highest BCUT2D eigenvalue weighted by Crippen LogP contribution is 2.21. The number of morpholine rings is 1. The molecule has 7 nitrogen and oxygen atoms in total. The maximum Gasteiger partial charge on any atom is 0.272 e. The number of benzene rings is 1. The van der Waals surface area contributed by atoms with Crippen LogP contribution in [0.4, 0.5) is 11.4 Å². The first-order chi connectivity index (χ1) is 9.08. The Balaban J connectivity index is 2.04. The fraction of sp³-hybridized carbons (Fsp3) is 0.417. The van der Waals surface area contributed by atoms with Crippen molar-refractivity contribution in [2.45, 2.75) is 13.0 Å². The highest BCUT2D eigenvalue weighted by atomic mass is 16.6. The van der Waals surface area contributed by atoms with Gasteiger partial charge in [0.2, 0.25) is 0 Å². The lowest BCUT2D eigenvalue weighted by Crippen LogP contribution is -2.45. The average Bonchev–Trinajstić information content (AvgIpc) is 2.39. The summed E-state index contributed by atoms with van der Waals surface area (Å²) in [5.74, 6) is -0.250. The number of amides is 1. The molecule has 102 valence electrons. The zero-order valence-corrected chi connectivity index (χ0v) is 10.5. The molecule has 1 heterocycles. The smallest absolute Gasteiger partial charge is 0.272 e. The van der Waals surface area contributed by atoms with Gasteiger partial charge in [0.1, 0.15) is 6.10 Å². The van der Waals surface area contributed by atoms with Crippen LogP contribution in [-0.4, -0.2) is 36.6 Å².